The number of amides is 1. The average molecular weight is 175 g/mol. The largest absolute Gasteiger partial charge is 0.469 e. The molecule has 0 unspecified atom stereocenters. The van der Waals surface area contributed by atoms with E-state index in [1.54, 1.807) is 0 Å². The minimum atomic E-state index is -0.387. The van der Waals surface area contributed by atoms with E-state index < -0.39 is 0 Å². The molecule has 0 saturated carbocycles. The first-order valence-electron chi connectivity index (χ1n) is 3.53. The molecule has 0 aliphatic rings. The normalized spacial score (nSPS) is 9.17. The lowest BCUT2D eigenvalue weighted by Crippen LogP contribution is -2.25. The number of esters is 1. The molecule has 5 nitrogen and oxygen atoms in total. The van der Waals surface area contributed by atoms with Crippen LogP contribution in [0.1, 0.15) is 12.8 Å². The quantitative estimate of drug-likeness (QED) is 0.458. The molecule has 0 bridgehead atoms. The first-order chi connectivity index (χ1) is 5.70. The maximum Gasteiger partial charge on any atom is 0.306 e. The lowest BCUT2D eigenvalue weighted by Gasteiger charge is -2.01. The van der Waals surface area contributed by atoms with Crippen LogP contribution < -0.4 is 5.32 Å². The van der Waals surface area contributed by atoms with Gasteiger partial charge in [-0.2, -0.15) is 0 Å². The molecule has 0 aromatic rings. The zero-order chi connectivity index (χ0) is 9.40. The van der Waals surface area contributed by atoms with Crippen LogP contribution in [0.5, 0.6) is 0 Å². The Morgan fingerprint density at radius 3 is 2.42 bits per heavy atom. The van der Waals surface area contributed by atoms with Gasteiger partial charge in [0.2, 0.25) is 5.91 Å². The third-order valence-electron chi connectivity index (χ3n) is 1.20. The van der Waals surface area contributed by atoms with Crippen LogP contribution >= 0.6 is 0 Å². The Morgan fingerprint density at radius 2 is 1.92 bits per heavy atom. The number of carbonyl (C=O) groups excluding carboxylic acids is 2. The van der Waals surface area contributed by atoms with Crippen molar-refractivity contribution in [2.45, 2.75) is 12.8 Å². The molecule has 0 heterocycles. The third kappa shape index (κ3) is 5.67. The highest BCUT2D eigenvalue weighted by Gasteiger charge is 2.05. The molecular weight excluding hydrogens is 162 g/mol. The predicted molar refractivity (Wildman–Crippen MR) is 41.3 cm³/mol. The first-order valence-corrected chi connectivity index (χ1v) is 3.53. The Morgan fingerprint density at radius 1 is 1.25 bits per heavy atom. The molecule has 0 aromatic heterocycles. The summed E-state index contributed by atoms with van der Waals surface area (Å²) in [5.74, 6) is -0.607. The van der Waals surface area contributed by atoms with Gasteiger partial charge in [0, 0.05) is 13.5 Å². The SMILES string of the molecule is COCNC(=O)CCC(=O)OC. The molecule has 0 rings (SSSR count). The Hall–Kier alpha value is -1.10. The number of ether oxygens (including phenoxy) is 2. The van der Waals surface area contributed by atoms with E-state index in [0.29, 0.717) is 0 Å². The van der Waals surface area contributed by atoms with Gasteiger partial charge in [-0.3, -0.25) is 9.59 Å². The first kappa shape index (κ1) is 10.9. The molecule has 0 aliphatic carbocycles. The van der Waals surface area contributed by atoms with E-state index >= 15 is 0 Å². The summed E-state index contributed by atoms with van der Waals surface area (Å²) in [6.07, 6.45) is 0.238. The standard InChI is InChI=1S/C7H13NO4/c1-11-5-8-6(9)3-4-7(10)12-2/h3-5H2,1-2H3,(H,8,9). The van der Waals surface area contributed by atoms with Crippen molar-refractivity contribution in [1.82, 2.24) is 5.32 Å². The molecule has 70 valence electrons. The predicted octanol–water partition coefficient (Wildman–Crippen LogP) is -0.340. The molecule has 0 aliphatic heterocycles. The van der Waals surface area contributed by atoms with E-state index in [1.807, 2.05) is 0 Å². The van der Waals surface area contributed by atoms with E-state index in [-0.39, 0.29) is 31.4 Å². The van der Waals surface area contributed by atoms with Gasteiger partial charge in [0.15, 0.2) is 0 Å². The Bertz CT molecular complexity index is 157. The van der Waals surface area contributed by atoms with Gasteiger partial charge in [-0.15, -0.1) is 0 Å². The van der Waals surface area contributed by atoms with Gasteiger partial charge in [-0.05, 0) is 0 Å². The Balaban J connectivity index is 3.37. The fourth-order valence-corrected chi connectivity index (χ4v) is 0.559. The van der Waals surface area contributed by atoms with Crippen molar-refractivity contribution in [1.29, 1.82) is 0 Å². The van der Waals surface area contributed by atoms with E-state index in [0.717, 1.165) is 0 Å². The Labute approximate surface area is 71.0 Å². The summed E-state index contributed by atoms with van der Waals surface area (Å²) >= 11 is 0. The summed E-state index contributed by atoms with van der Waals surface area (Å²) in [6.45, 7) is 0.167. The summed E-state index contributed by atoms with van der Waals surface area (Å²) in [6, 6.07) is 0. The fraction of sp³-hybridized carbons (Fsp3) is 0.714. The second-order valence-corrected chi connectivity index (χ2v) is 2.11. The van der Waals surface area contributed by atoms with Gasteiger partial charge >= 0.3 is 5.97 Å². The maximum atomic E-state index is 10.8. The maximum absolute atomic E-state index is 10.8. The van der Waals surface area contributed by atoms with Crippen LogP contribution in [0.4, 0.5) is 0 Å². The van der Waals surface area contributed by atoms with Gasteiger partial charge in [0.1, 0.15) is 6.73 Å². The number of hydrogen-bond donors (Lipinski definition) is 1. The lowest BCUT2D eigenvalue weighted by molar-refractivity contribution is -0.142. The smallest absolute Gasteiger partial charge is 0.306 e. The fourth-order valence-electron chi connectivity index (χ4n) is 0.559. The van der Waals surface area contributed by atoms with Gasteiger partial charge in [0.25, 0.3) is 0 Å². The summed E-state index contributed by atoms with van der Waals surface area (Å²) in [5.41, 5.74) is 0. The molecule has 0 atom stereocenters. The monoisotopic (exact) mass is 175 g/mol. The van der Waals surface area contributed by atoms with Crippen LogP contribution in [0.2, 0.25) is 0 Å². The molecule has 0 saturated heterocycles. The molecule has 1 amide bonds. The van der Waals surface area contributed by atoms with Crippen molar-refractivity contribution in [2.24, 2.45) is 0 Å². The lowest BCUT2D eigenvalue weighted by atomic mass is 10.3. The number of carbonyl (C=O) groups is 2. The van der Waals surface area contributed by atoms with Crippen LogP contribution in [0.25, 0.3) is 0 Å². The molecule has 5 heteroatoms. The van der Waals surface area contributed by atoms with Crippen LogP contribution in [-0.2, 0) is 19.1 Å². The van der Waals surface area contributed by atoms with E-state index in [4.69, 9.17) is 0 Å². The molecule has 1 N–H and O–H groups in total. The molecular formula is C7H13NO4. The third-order valence-corrected chi connectivity index (χ3v) is 1.20. The highest BCUT2D eigenvalue weighted by Crippen LogP contribution is 1.90. The highest BCUT2D eigenvalue weighted by atomic mass is 16.5. The molecule has 0 fully saturated rings. The van der Waals surface area contributed by atoms with Gasteiger partial charge in [0.05, 0.1) is 13.5 Å². The number of nitrogens with one attached hydrogen (secondary N) is 1. The van der Waals surface area contributed by atoms with Crippen LogP contribution in [-0.4, -0.2) is 32.8 Å². The minimum absolute atomic E-state index is 0.103. The van der Waals surface area contributed by atoms with Gasteiger partial charge < -0.3 is 14.8 Å². The topological polar surface area (TPSA) is 64.6 Å². The van der Waals surface area contributed by atoms with Gasteiger partial charge in [-0.25, -0.2) is 0 Å². The zero-order valence-electron chi connectivity index (χ0n) is 7.25. The molecule has 12 heavy (non-hydrogen) atoms. The van der Waals surface area contributed by atoms with Crippen molar-refractivity contribution in [3.63, 3.8) is 0 Å². The van der Waals surface area contributed by atoms with Crippen molar-refractivity contribution in [3.8, 4) is 0 Å². The second-order valence-electron chi connectivity index (χ2n) is 2.11. The second kappa shape index (κ2) is 6.60. The Kier molecular flexibility index (Phi) is 6.00. The van der Waals surface area contributed by atoms with E-state index in [9.17, 15) is 9.59 Å². The van der Waals surface area contributed by atoms with Crippen molar-refractivity contribution >= 4 is 11.9 Å². The van der Waals surface area contributed by atoms with Crippen molar-refractivity contribution < 1.29 is 19.1 Å². The van der Waals surface area contributed by atoms with Crippen LogP contribution in [0.3, 0.4) is 0 Å². The average Bonchev–Trinajstić information content (AvgIpc) is 2.10. The minimum Gasteiger partial charge on any atom is -0.469 e. The zero-order valence-corrected chi connectivity index (χ0v) is 7.25. The summed E-state index contributed by atoms with van der Waals surface area (Å²) in [4.78, 5) is 21.4. The van der Waals surface area contributed by atoms with E-state index in [1.165, 1.54) is 14.2 Å². The van der Waals surface area contributed by atoms with Crippen molar-refractivity contribution in [3.05, 3.63) is 0 Å². The van der Waals surface area contributed by atoms with Gasteiger partial charge in [-0.1, -0.05) is 0 Å². The highest BCUT2D eigenvalue weighted by molar-refractivity contribution is 5.81. The number of hydrogen-bond acceptors (Lipinski definition) is 4. The van der Waals surface area contributed by atoms with Crippen LogP contribution in [0.15, 0.2) is 0 Å². The van der Waals surface area contributed by atoms with E-state index in [2.05, 4.69) is 14.8 Å². The number of methoxy groups -OCH3 is 2. The molecule has 0 aromatic carbocycles. The number of rotatable bonds is 5. The summed E-state index contributed by atoms with van der Waals surface area (Å²) < 4.78 is 8.95. The van der Waals surface area contributed by atoms with Crippen LogP contribution in [0, 0.1) is 0 Å². The molecule has 0 radical (unpaired) electrons. The summed E-state index contributed by atoms with van der Waals surface area (Å²) in [7, 11) is 2.76. The van der Waals surface area contributed by atoms with Crippen molar-refractivity contribution in [2.75, 3.05) is 21.0 Å². The molecule has 0 spiro atoms. The summed E-state index contributed by atoms with van der Waals surface area (Å²) in [5, 5.41) is 2.44.